The Morgan fingerprint density at radius 2 is 1.81 bits per heavy atom. The van der Waals surface area contributed by atoms with Gasteiger partial charge in [-0.05, 0) is 36.8 Å². The number of anilines is 1. The molecule has 7 heteroatoms. The summed E-state index contributed by atoms with van der Waals surface area (Å²) in [6.07, 6.45) is 0.0708. The average Bonchev–Trinajstić information content (AvgIpc) is 2.61. The monoisotopic (exact) mass is 371 g/mol. The quantitative estimate of drug-likeness (QED) is 0.784. The molecule has 2 aromatic rings. The van der Waals surface area contributed by atoms with Crippen molar-refractivity contribution in [1.82, 2.24) is 10.2 Å². The van der Waals surface area contributed by atoms with Crippen LogP contribution in [0.1, 0.15) is 22.3 Å². The van der Waals surface area contributed by atoms with Crippen LogP contribution in [0.3, 0.4) is 0 Å². The van der Waals surface area contributed by atoms with Crippen molar-refractivity contribution in [2.75, 3.05) is 25.5 Å². The van der Waals surface area contributed by atoms with E-state index in [0.29, 0.717) is 11.3 Å². The van der Waals surface area contributed by atoms with E-state index in [0.717, 1.165) is 5.56 Å². The lowest BCUT2D eigenvalue weighted by atomic mass is 10.1. The van der Waals surface area contributed by atoms with E-state index < -0.39 is 11.7 Å². The van der Waals surface area contributed by atoms with Crippen molar-refractivity contribution in [1.29, 1.82) is 0 Å². The smallest absolute Gasteiger partial charge is 0.251 e. The third-order valence-electron chi connectivity index (χ3n) is 3.93. The Hall–Kier alpha value is -3.22. The van der Waals surface area contributed by atoms with Gasteiger partial charge in [0, 0.05) is 31.3 Å². The highest BCUT2D eigenvalue weighted by molar-refractivity contribution is 5.96. The Bertz CT molecular complexity index is 839. The van der Waals surface area contributed by atoms with Gasteiger partial charge >= 0.3 is 0 Å². The largest absolute Gasteiger partial charge is 0.352 e. The molecule has 0 bridgehead atoms. The van der Waals surface area contributed by atoms with Gasteiger partial charge in [0.15, 0.2) is 0 Å². The van der Waals surface area contributed by atoms with Gasteiger partial charge in [-0.25, -0.2) is 4.39 Å². The first-order valence-corrected chi connectivity index (χ1v) is 8.50. The summed E-state index contributed by atoms with van der Waals surface area (Å²) in [7, 11) is 1.50. The molecule has 0 aliphatic heterocycles. The van der Waals surface area contributed by atoms with Crippen LogP contribution in [0.25, 0.3) is 0 Å². The molecule has 6 nitrogen and oxygen atoms in total. The van der Waals surface area contributed by atoms with Crippen molar-refractivity contribution in [2.45, 2.75) is 13.3 Å². The minimum atomic E-state index is -0.457. The Morgan fingerprint density at radius 1 is 1.07 bits per heavy atom. The van der Waals surface area contributed by atoms with Crippen LogP contribution < -0.4 is 10.6 Å². The minimum absolute atomic E-state index is 0.0708. The molecule has 0 aliphatic carbocycles. The third-order valence-corrected chi connectivity index (χ3v) is 3.93. The van der Waals surface area contributed by atoms with E-state index in [9.17, 15) is 18.8 Å². The van der Waals surface area contributed by atoms with Crippen molar-refractivity contribution in [3.8, 4) is 0 Å². The molecule has 0 aromatic heterocycles. The molecular weight excluding hydrogens is 349 g/mol. The number of halogens is 1. The van der Waals surface area contributed by atoms with Gasteiger partial charge in [0.2, 0.25) is 11.8 Å². The molecule has 0 spiro atoms. The molecule has 0 aliphatic rings. The van der Waals surface area contributed by atoms with Crippen molar-refractivity contribution >= 4 is 23.4 Å². The zero-order chi connectivity index (χ0) is 19.8. The molecule has 0 radical (unpaired) electrons. The van der Waals surface area contributed by atoms with Gasteiger partial charge in [-0.15, -0.1) is 0 Å². The minimum Gasteiger partial charge on any atom is -0.352 e. The first-order valence-electron chi connectivity index (χ1n) is 8.50. The van der Waals surface area contributed by atoms with Crippen molar-refractivity contribution in [2.24, 2.45) is 0 Å². The van der Waals surface area contributed by atoms with E-state index in [1.807, 2.05) is 19.1 Å². The van der Waals surface area contributed by atoms with Crippen LogP contribution in [0.5, 0.6) is 0 Å². The summed E-state index contributed by atoms with van der Waals surface area (Å²) in [5.41, 5.74) is 1.74. The molecule has 0 saturated carbocycles. The predicted octanol–water partition coefficient (Wildman–Crippen LogP) is 2.35. The van der Waals surface area contributed by atoms with Crippen LogP contribution in [0.15, 0.2) is 48.5 Å². The van der Waals surface area contributed by atoms with E-state index in [-0.39, 0.29) is 31.3 Å². The van der Waals surface area contributed by atoms with Gasteiger partial charge in [0.25, 0.3) is 5.91 Å². The van der Waals surface area contributed by atoms with Gasteiger partial charge < -0.3 is 15.5 Å². The fraction of sp³-hybridized carbons (Fsp3) is 0.250. The number of amides is 3. The molecule has 2 aromatic carbocycles. The summed E-state index contributed by atoms with van der Waals surface area (Å²) in [5, 5.41) is 5.22. The van der Waals surface area contributed by atoms with E-state index in [4.69, 9.17) is 0 Å². The van der Waals surface area contributed by atoms with Crippen LogP contribution in [-0.4, -0.2) is 42.8 Å². The highest BCUT2D eigenvalue weighted by atomic mass is 19.1. The molecule has 0 heterocycles. The van der Waals surface area contributed by atoms with Crippen molar-refractivity contribution < 1.29 is 18.8 Å². The average molecular weight is 371 g/mol. The van der Waals surface area contributed by atoms with E-state index in [1.54, 1.807) is 18.2 Å². The molecule has 142 valence electrons. The van der Waals surface area contributed by atoms with Crippen LogP contribution >= 0.6 is 0 Å². The lowest BCUT2D eigenvalue weighted by molar-refractivity contribution is -0.133. The van der Waals surface area contributed by atoms with E-state index >= 15 is 0 Å². The molecular formula is C20H22FN3O3. The molecule has 3 amide bonds. The molecule has 0 fully saturated rings. The molecule has 0 atom stereocenters. The van der Waals surface area contributed by atoms with Gasteiger partial charge in [0.05, 0.1) is 6.54 Å². The Labute approximate surface area is 157 Å². The topological polar surface area (TPSA) is 78.5 Å². The van der Waals surface area contributed by atoms with Crippen LogP contribution in [0.2, 0.25) is 0 Å². The first-order chi connectivity index (χ1) is 12.9. The second-order valence-corrected chi connectivity index (χ2v) is 6.13. The number of hydrogen-bond donors (Lipinski definition) is 2. The maximum absolute atomic E-state index is 13.1. The number of hydrogen-bond acceptors (Lipinski definition) is 3. The summed E-state index contributed by atoms with van der Waals surface area (Å²) in [6.45, 7) is 1.84. The normalized spacial score (nSPS) is 10.2. The predicted molar refractivity (Wildman–Crippen MR) is 101 cm³/mol. The number of nitrogens with one attached hydrogen (secondary N) is 2. The van der Waals surface area contributed by atoms with Crippen LogP contribution in [-0.2, 0) is 9.59 Å². The number of carbonyl (C=O) groups excluding carboxylic acids is 3. The Morgan fingerprint density at radius 3 is 2.52 bits per heavy atom. The Kier molecular flexibility index (Phi) is 7.05. The maximum atomic E-state index is 13.1. The maximum Gasteiger partial charge on any atom is 0.251 e. The number of benzene rings is 2. The summed E-state index contributed by atoms with van der Waals surface area (Å²) < 4.78 is 13.1. The molecule has 2 rings (SSSR count). The summed E-state index contributed by atoms with van der Waals surface area (Å²) in [6, 6.07) is 12.7. The first kappa shape index (κ1) is 20.1. The lowest BCUT2D eigenvalue weighted by Crippen LogP contribution is -2.37. The second-order valence-electron chi connectivity index (χ2n) is 6.13. The number of aryl methyl sites for hydroxylation is 1. The second kappa shape index (κ2) is 9.47. The highest BCUT2D eigenvalue weighted by Gasteiger charge is 2.14. The SMILES string of the molecule is Cc1ccccc1C(=O)NCCC(=O)N(C)CC(=O)Nc1cccc(F)c1. The number of likely N-dealkylation sites (N-methyl/N-ethyl adjacent to an activating group) is 1. The molecule has 27 heavy (non-hydrogen) atoms. The zero-order valence-corrected chi connectivity index (χ0v) is 15.3. The molecule has 0 saturated heterocycles. The fourth-order valence-electron chi connectivity index (χ4n) is 2.47. The van der Waals surface area contributed by atoms with Gasteiger partial charge in [-0.3, -0.25) is 14.4 Å². The zero-order valence-electron chi connectivity index (χ0n) is 15.3. The lowest BCUT2D eigenvalue weighted by Gasteiger charge is -2.17. The van der Waals surface area contributed by atoms with Crippen LogP contribution in [0.4, 0.5) is 10.1 Å². The summed E-state index contributed by atoms with van der Waals surface area (Å²) in [5.74, 6) is -1.41. The van der Waals surface area contributed by atoms with Crippen molar-refractivity contribution in [3.05, 3.63) is 65.5 Å². The Balaban J connectivity index is 1.76. The third kappa shape index (κ3) is 6.22. The van der Waals surface area contributed by atoms with Gasteiger partial charge in [-0.1, -0.05) is 24.3 Å². The van der Waals surface area contributed by atoms with Crippen LogP contribution in [0, 0.1) is 12.7 Å². The number of rotatable bonds is 7. The summed E-state index contributed by atoms with van der Waals surface area (Å²) >= 11 is 0. The van der Waals surface area contributed by atoms with Gasteiger partial charge in [-0.2, -0.15) is 0 Å². The fourth-order valence-corrected chi connectivity index (χ4v) is 2.47. The molecule has 0 unspecified atom stereocenters. The van der Waals surface area contributed by atoms with Crippen molar-refractivity contribution in [3.63, 3.8) is 0 Å². The number of nitrogens with zero attached hydrogens (tertiary/aromatic N) is 1. The number of carbonyl (C=O) groups is 3. The van der Waals surface area contributed by atoms with E-state index in [2.05, 4.69) is 10.6 Å². The summed E-state index contributed by atoms with van der Waals surface area (Å²) in [4.78, 5) is 37.4. The molecule has 2 N–H and O–H groups in total. The van der Waals surface area contributed by atoms with Gasteiger partial charge in [0.1, 0.15) is 5.82 Å². The highest BCUT2D eigenvalue weighted by Crippen LogP contribution is 2.09. The van der Waals surface area contributed by atoms with E-state index in [1.165, 1.54) is 30.1 Å². The standard InChI is InChI=1S/C20H22FN3O3/c1-14-6-3-4-9-17(14)20(27)22-11-10-19(26)24(2)13-18(25)23-16-8-5-7-15(21)12-16/h3-9,12H,10-11,13H2,1-2H3,(H,22,27)(H,23,25).